The van der Waals surface area contributed by atoms with Gasteiger partial charge >= 0.3 is 0 Å². The van der Waals surface area contributed by atoms with Gasteiger partial charge in [-0.3, -0.25) is 4.98 Å². The van der Waals surface area contributed by atoms with Crippen LogP contribution in [0.5, 0.6) is 0 Å². The minimum Gasteiger partial charge on any atom is -0.411 e. The largest absolute Gasteiger partial charge is 0.411 e. The van der Waals surface area contributed by atoms with Crippen LogP contribution < -0.4 is 0 Å². The maximum absolute atomic E-state index is 11.8. The minimum absolute atomic E-state index is 0.0247. The molecule has 2 heterocycles. The minimum atomic E-state index is -3.13. The van der Waals surface area contributed by atoms with E-state index in [2.05, 4.69) is 53.5 Å². The molecule has 184 valence electrons. The lowest BCUT2D eigenvalue weighted by molar-refractivity contribution is 0.317. The molecule has 35 heavy (non-hydrogen) atoms. The summed E-state index contributed by atoms with van der Waals surface area (Å²) in [5.41, 5.74) is 7.16. The number of aryl methyl sites for hydroxylation is 2. The molecule has 1 aromatic heterocycles. The van der Waals surface area contributed by atoms with Gasteiger partial charge in [0.1, 0.15) is 0 Å². The molecule has 6 nitrogen and oxygen atoms in total. The van der Waals surface area contributed by atoms with Gasteiger partial charge in [-0.05, 0) is 67.0 Å². The highest BCUT2D eigenvalue weighted by Gasteiger charge is 2.26. The number of nitrogens with zero attached hydrogens (tertiary/aromatic N) is 3. The van der Waals surface area contributed by atoms with Crippen molar-refractivity contribution in [2.24, 2.45) is 5.16 Å². The van der Waals surface area contributed by atoms with Crippen LogP contribution >= 0.6 is 0 Å². The molecule has 0 unspecified atom stereocenters. The fraction of sp³-hybridized carbons (Fsp3) is 0.357. The Kier molecular flexibility index (Phi) is 7.67. The SMILES string of the molecule is Cc1cc(/C(C[C@H](c2ccc(C3CCN(S(C)(=O)=O)CC3)cc2)c2ccccc2C)=N/O)ccn1. The van der Waals surface area contributed by atoms with E-state index in [0.29, 0.717) is 31.1 Å². The fourth-order valence-corrected chi connectivity index (χ4v) is 5.92. The number of rotatable bonds is 7. The molecule has 0 aliphatic carbocycles. The van der Waals surface area contributed by atoms with Crippen molar-refractivity contribution in [1.29, 1.82) is 0 Å². The van der Waals surface area contributed by atoms with Crippen molar-refractivity contribution in [1.82, 2.24) is 9.29 Å². The van der Waals surface area contributed by atoms with E-state index >= 15 is 0 Å². The molecule has 1 saturated heterocycles. The second-order valence-corrected chi connectivity index (χ2v) is 11.4. The third kappa shape index (κ3) is 5.97. The lowest BCUT2D eigenvalue weighted by Crippen LogP contribution is -2.37. The number of hydrogen-bond donors (Lipinski definition) is 1. The van der Waals surface area contributed by atoms with Crippen LogP contribution in [0.4, 0.5) is 0 Å². The number of oxime groups is 1. The second-order valence-electron chi connectivity index (χ2n) is 9.45. The van der Waals surface area contributed by atoms with E-state index in [9.17, 15) is 13.6 Å². The summed E-state index contributed by atoms with van der Waals surface area (Å²) in [6, 6.07) is 20.8. The number of benzene rings is 2. The standard InChI is InChI=1S/C28H33N3O3S/c1-20-6-4-5-7-26(20)27(19-28(30-32)25-12-15-29-21(2)18-25)24-10-8-22(9-11-24)23-13-16-31(17-14-23)35(3,33)34/h4-12,15,18,23,27,32H,13-14,16-17,19H2,1-3H3/b30-28+/t27-/m1/s1. The van der Waals surface area contributed by atoms with Crippen LogP contribution in [0, 0.1) is 13.8 Å². The van der Waals surface area contributed by atoms with Crippen LogP contribution in [-0.4, -0.2) is 48.0 Å². The van der Waals surface area contributed by atoms with Crippen molar-refractivity contribution in [2.45, 2.75) is 44.9 Å². The van der Waals surface area contributed by atoms with Crippen LogP contribution in [0.15, 0.2) is 72.0 Å². The predicted molar refractivity (Wildman–Crippen MR) is 140 cm³/mol. The topological polar surface area (TPSA) is 82.9 Å². The van der Waals surface area contributed by atoms with E-state index in [4.69, 9.17) is 0 Å². The van der Waals surface area contributed by atoms with Gasteiger partial charge in [-0.1, -0.05) is 53.7 Å². The molecule has 7 heteroatoms. The summed E-state index contributed by atoms with van der Waals surface area (Å²) in [4.78, 5) is 4.27. The van der Waals surface area contributed by atoms with Crippen molar-refractivity contribution in [3.8, 4) is 0 Å². The van der Waals surface area contributed by atoms with Gasteiger partial charge in [0.05, 0.1) is 12.0 Å². The summed E-state index contributed by atoms with van der Waals surface area (Å²) >= 11 is 0. The van der Waals surface area contributed by atoms with Gasteiger partial charge in [0.2, 0.25) is 10.0 Å². The van der Waals surface area contributed by atoms with Crippen LogP contribution in [0.2, 0.25) is 0 Å². The molecule has 2 aromatic carbocycles. The molecule has 0 saturated carbocycles. The van der Waals surface area contributed by atoms with E-state index in [1.165, 1.54) is 22.9 Å². The Balaban J connectivity index is 1.60. The highest BCUT2D eigenvalue weighted by atomic mass is 32.2. The molecule has 0 radical (unpaired) electrons. The van der Waals surface area contributed by atoms with Crippen molar-refractivity contribution >= 4 is 15.7 Å². The van der Waals surface area contributed by atoms with E-state index in [1.54, 1.807) is 10.5 Å². The van der Waals surface area contributed by atoms with E-state index in [-0.39, 0.29) is 5.92 Å². The molecule has 0 bridgehead atoms. The molecule has 0 amide bonds. The lowest BCUT2D eigenvalue weighted by Gasteiger charge is -2.30. The third-order valence-electron chi connectivity index (χ3n) is 7.05. The quantitative estimate of drug-likeness (QED) is 0.278. The summed E-state index contributed by atoms with van der Waals surface area (Å²) in [6.45, 7) is 5.17. The zero-order valence-electron chi connectivity index (χ0n) is 20.6. The Morgan fingerprint density at radius 3 is 2.37 bits per heavy atom. The summed E-state index contributed by atoms with van der Waals surface area (Å²) in [5.74, 6) is 0.380. The van der Waals surface area contributed by atoms with Gasteiger partial charge in [0.25, 0.3) is 0 Å². The van der Waals surface area contributed by atoms with E-state index in [1.807, 2.05) is 31.2 Å². The van der Waals surface area contributed by atoms with Gasteiger partial charge in [-0.15, -0.1) is 0 Å². The highest BCUT2D eigenvalue weighted by Crippen LogP contribution is 2.34. The Morgan fingerprint density at radius 2 is 1.77 bits per heavy atom. The molecule has 1 fully saturated rings. The zero-order valence-corrected chi connectivity index (χ0v) is 21.4. The van der Waals surface area contributed by atoms with Crippen molar-refractivity contribution in [3.05, 3.63) is 100 Å². The summed E-state index contributed by atoms with van der Waals surface area (Å²) in [5, 5.41) is 13.6. The molecule has 1 atom stereocenters. The van der Waals surface area contributed by atoms with Gasteiger partial charge in [-0.25, -0.2) is 12.7 Å². The molecule has 1 aliphatic rings. The molecule has 1 aliphatic heterocycles. The maximum atomic E-state index is 11.8. The average molecular weight is 492 g/mol. The van der Waals surface area contributed by atoms with Crippen LogP contribution in [0.25, 0.3) is 0 Å². The summed E-state index contributed by atoms with van der Waals surface area (Å²) in [6.07, 6.45) is 5.23. The highest BCUT2D eigenvalue weighted by molar-refractivity contribution is 7.88. The first kappa shape index (κ1) is 25.1. The number of hydrogen-bond acceptors (Lipinski definition) is 5. The van der Waals surface area contributed by atoms with Crippen molar-refractivity contribution < 1.29 is 13.6 Å². The van der Waals surface area contributed by atoms with Crippen LogP contribution in [-0.2, 0) is 10.0 Å². The third-order valence-corrected chi connectivity index (χ3v) is 8.35. The molecule has 4 rings (SSSR count). The first-order chi connectivity index (χ1) is 16.8. The number of sulfonamides is 1. The lowest BCUT2D eigenvalue weighted by atomic mass is 9.82. The Labute approximate surface area is 208 Å². The van der Waals surface area contributed by atoms with Gasteiger partial charge in [0, 0.05) is 42.9 Å². The smallest absolute Gasteiger partial charge is 0.211 e. The molecule has 1 N–H and O–H groups in total. The number of piperidine rings is 1. The summed E-state index contributed by atoms with van der Waals surface area (Å²) in [7, 11) is -3.13. The van der Waals surface area contributed by atoms with Crippen LogP contribution in [0.1, 0.15) is 64.6 Å². The zero-order chi connectivity index (χ0) is 25.0. The number of pyridine rings is 1. The molecular formula is C28H33N3O3S. The Hall–Kier alpha value is -3.03. The van der Waals surface area contributed by atoms with Crippen LogP contribution in [0.3, 0.4) is 0 Å². The van der Waals surface area contributed by atoms with E-state index < -0.39 is 10.0 Å². The van der Waals surface area contributed by atoms with Crippen molar-refractivity contribution in [2.75, 3.05) is 19.3 Å². The monoisotopic (exact) mass is 491 g/mol. The Bertz CT molecular complexity index is 1300. The van der Waals surface area contributed by atoms with E-state index in [0.717, 1.165) is 29.7 Å². The van der Waals surface area contributed by atoms with Crippen molar-refractivity contribution in [3.63, 3.8) is 0 Å². The maximum Gasteiger partial charge on any atom is 0.211 e. The van der Waals surface area contributed by atoms with Gasteiger partial charge in [-0.2, -0.15) is 0 Å². The normalized spacial score (nSPS) is 16.8. The second kappa shape index (κ2) is 10.7. The average Bonchev–Trinajstić information content (AvgIpc) is 2.85. The number of aromatic nitrogens is 1. The fourth-order valence-electron chi connectivity index (χ4n) is 5.04. The molecule has 0 spiro atoms. The predicted octanol–water partition coefficient (Wildman–Crippen LogP) is 5.24. The van der Waals surface area contributed by atoms with Gasteiger partial charge in [0.15, 0.2) is 0 Å². The molecular weight excluding hydrogens is 458 g/mol. The first-order valence-electron chi connectivity index (χ1n) is 12.0. The van der Waals surface area contributed by atoms with Gasteiger partial charge < -0.3 is 5.21 Å². The first-order valence-corrected chi connectivity index (χ1v) is 13.9. The summed E-state index contributed by atoms with van der Waals surface area (Å²) < 4.78 is 25.3. The molecule has 3 aromatic rings. The Morgan fingerprint density at radius 1 is 1.09 bits per heavy atom.